The first kappa shape index (κ1) is 15.7. The Hall–Kier alpha value is -1.67. The molecule has 2 aromatic rings. The lowest BCUT2D eigenvalue weighted by Gasteiger charge is -2.00. The van der Waals surface area contributed by atoms with Gasteiger partial charge in [0.25, 0.3) is 5.91 Å². The summed E-state index contributed by atoms with van der Waals surface area (Å²) in [4.78, 5) is 14.8. The number of rotatable bonds is 2. The zero-order valence-electron chi connectivity index (χ0n) is 11.2. The minimum Gasteiger partial charge on any atom is -0.493 e. The largest absolute Gasteiger partial charge is 0.493 e. The number of halogens is 1. The summed E-state index contributed by atoms with van der Waals surface area (Å²) < 4.78 is 1.76. The summed E-state index contributed by atoms with van der Waals surface area (Å²) in [5.41, 5.74) is 1.31. The molecule has 0 saturated carbocycles. The van der Waals surface area contributed by atoms with E-state index < -0.39 is 0 Å². The number of aromatic hydroxyl groups is 1. The molecule has 0 fully saturated rings. The molecule has 0 radical (unpaired) electrons. The number of benzene rings is 1. The lowest BCUT2D eigenvalue weighted by molar-refractivity contribution is -0.115. The van der Waals surface area contributed by atoms with Crippen LogP contribution in [0.15, 0.2) is 39.5 Å². The number of carbonyl (C=O) groups is 1. The Bertz CT molecular complexity index is 754. The van der Waals surface area contributed by atoms with Crippen LogP contribution in [-0.2, 0) is 11.3 Å². The third kappa shape index (κ3) is 2.86. The van der Waals surface area contributed by atoms with Crippen molar-refractivity contribution in [2.24, 2.45) is 15.2 Å². The number of thioether (sulfide) groups is 1. The molecule has 1 amide bonds. The van der Waals surface area contributed by atoms with Gasteiger partial charge in [-0.25, -0.2) is 0 Å². The lowest BCUT2D eigenvalue weighted by Crippen LogP contribution is -1.91. The molecular weight excluding hydrogens is 356 g/mol. The van der Waals surface area contributed by atoms with E-state index in [-0.39, 0.29) is 28.8 Å². The molecule has 1 aromatic heterocycles. The van der Waals surface area contributed by atoms with Crippen LogP contribution >= 0.6 is 28.7 Å². The third-order valence-corrected chi connectivity index (χ3v) is 3.84. The van der Waals surface area contributed by atoms with Gasteiger partial charge in [-0.2, -0.15) is 4.99 Å². The van der Waals surface area contributed by atoms with Crippen molar-refractivity contribution >= 4 is 56.4 Å². The maximum atomic E-state index is 11.0. The predicted octanol–water partition coefficient (Wildman–Crippen LogP) is 3.66. The average Bonchev–Trinajstić information content (AvgIpc) is 2.98. The fourth-order valence-corrected chi connectivity index (χ4v) is 2.71. The van der Waals surface area contributed by atoms with Crippen molar-refractivity contribution in [1.82, 2.24) is 4.57 Å². The number of aliphatic imine (C=N–C) groups is 1. The van der Waals surface area contributed by atoms with Gasteiger partial charge in [0.1, 0.15) is 0 Å². The number of amidine groups is 1. The smallest absolute Gasteiger partial charge is 0.258 e. The van der Waals surface area contributed by atoms with E-state index in [1.807, 2.05) is 31.2 Å². The summed E-state index contributed by atoms with van der Waals surface area (Å²) in [5.74, 6) is 0.174. The van der Waals surface area contributed by atoms with E-state index in [9.17, 15) is 9.90 Å². The second-order valence-corrected chi connectivity index (χ2v) is 5.15. The number of azo groups is 1. The van der Waals surface area contributed by atoms with Crippen LogP contribution in [0.4, 0.5) is 5.69 Å². The number of hydrogen-bond acceptors (Lipinski definition) is 5. The number of amides is 1. The summed E-state index contributed by atoms with van der Waals surface area (Å²) in [7, 11) is 0. The number of nitrogens with zero attached hydrogens (tertiary/aromatic N) is 4. The molecule has 0 unspecified atom stereocenters. The highest BCUT2D eigenvalue weighted by atomic mass is 79.9. The quantitative estimate of drug-likeness (QED) is 0.821. The zero-order chi connectivity index (χ0) is 14.1. The number of aromatic nitrogens is 1. The Kier molecular flexibility index (Phi) is 4.79. The number of aryl methyl sites for hydroxylation is 1. The SMILES string of the molecule is Br.CCn1c(O)c(N=NC2=NC(=O)CS2)c2ccccc21. The van der Waals surface area contributed by atoms with Crippen molar-refractivity contribution < 1.29 is 9.90 Å². The van der Waals surface area contributed by atoms with Crippen LogP contribution < -0.4 is 0 Å². The van der Waals surface area contributed by atoms with Gasteiger partial charge in [-0.3, -0.25) is 4.79 Å². The van der Waals surface area contributed by atoms with Crippen molar-refractivity contribution in [3.63, 3.8) is 0 Å². The third-order valence-electron chi connectivity index (χ3n) is 3.01. The molecule has 1 aliphatic rings. The van der Waals surface area contributed by atoms with Gasteiger partial charge in [-0.1, -0.05) is 30.0 Å². The van der Waals surface area contributed by atoms with Gasteiger partial charge < -0.3 is 9.67 Å². The number of hydrogen-bond donors (Lipinski definition) is 1. The summed E-state index contributed by atoms with van der Waals surface area (Å²) in [6, 6.07) is 7.59. The molecule has 0 saturated heterocycles. The normalized spacial score (nSPS) is 14.7. The van der Waals surface area contributed by atoms with Crippen molar-refractivity contribution in [2.45, 2.75) is 13.5 Å². The van der Waals surface area contributed by atoms with Gasteiger partial charge in [0.05, 0.1) is 11.3 Å². The molecular formula is C13H13BrN4O2S. The predicted molar refractivity (Wildman–Crippen MR) is 89.0 cm³/mol. The highest BCUT2D eigenvalue weighted by Crippen LogP contribution is 2.38. The van der Waals surface area contributed by atoms with Gasteiger partial charge in [0.15, 0.2) is 5.69 Å². The maximum absolute atomic E-state index is 11.0. The van der Waals surface area contributed by atoms with Crippen LogP contribution in [0.25, 0.3) is 10.9 Å². The van der Waals surface area contributed by atoms with E-state index in [0.29, 0.717) is 23.2 Å². The monoisotopic (exact) mass is 368 g/mol. The summed E-state index contributed by atoms with van der Waals surface area (Å²) in [6.07, 6.45) is 0. The van der Waals surface area contributed by atoms with Gasteiger partial charge in [-0.15, -0.1) is 27.2 Å². The van der Waals surface area contributed by atoms with E-state index in [0.717, 1.165) is 10.9 Å². The van der Waals surface area contributed by atoms with Gasteiger partial charge >= 0.3 is 0 Å². The van der Waals surface area contributed by atoms with E-state index in [4.69, 9.17) is 0 Å². The molecule has 1 aromatic carbocycles. The molecule has 3 rings (SSSR count). The molecule has 21 heavy (non-hydrogen) atoms. The molecule has 2 heterocycles. The first-order chi connectivity index (χ1) is 9.70. The molecule has 8 heteroatoms. The van der Waals surface area contributed by atoms with Crippen LogP contribution in [0.2, 0.25) is 0 Å². The molecule has 0 aliphatic carbocycles. The number of carbonyl (C=O) groups excluding carboxylic acids is 1. The Labute approximate surface area is 135 Å². The molecule has 1 aliphatic heterocycles. The first-order valence-electron chi connectivity index (χ1n) is 6.17. The Morgan fingerprint density at radius 2 is 2.14 bits per heavy atom. The lowest BCUT2D eigenvalue weighted by atomic mass is 10.2. The maximum Gasteiger partial charge on any atom is 0.258 e. The van der Waals surface area contributed by atoms with Crippen LogP contribution in [0.1, 0.15) is 6.92 Å². The standard InChI is InChI=1S/C13H12N4O2S.BrH/c1-2-17-9-6-4-3-5-8(9)11(12(17)19)15-16-13-14-10(18)7-20-13;/h3-6,19H,2,7H2,1H3;1H. The van der Waals surface area contributed by atoms with Crippen LogP contribution in [0, 0.1) is 0 Å². The van der Waals surface area contributed by atoms with E-state index >= 15 is 0 Å². The van der Waals surface area contributed by atoms with E-state index in [2.05, 4.69) is 15.2 Å². The van der Waals surface area contributed by atoms with Crippen LogP contribution in [0.5, 0.6) is 5.88 Å². The molecule has 0 bridgehead atoms. The second-order valence-electron chi connectivity index (χ2n) is 4.21. The van der Waals surface area contributed by atoms with Crippen LogP contribution in [-0.4, -0.2) is 26.5 Å². The van der Waals surface area contributed by atoms with E-state index in [1.54, 1.807) is 4.57 Å². The minimum absolute atomic E-state index is 0. The number of para-hydroxylation sites is 1. The van der Waals surface area contributed by atoms with Crippen LogP contribution in [0.3, 0.4) is 0 Å². The highest BCUT2D eigenvalue weighted by Gasteiger charge is 2.17. The zero-order valence-corrected chi connectivity index (χ0v) is 13.7. The molecule has 110 valence electrons. The minimum atomic E-state index is -0.204. The van der Waals surface area contributed by atoms with Crippen molar-refractivity contribution in [3.05, 3.63) is 24.3 Å². The van der Waals surface area contributed by atoms with Crippen molar-refractivity contribution in [1.29, 1.82) is 0 Å². The van der Waals surface area contributed by atoms with Crippen molar-refractivity contribution in [2.75, 3.05) is 5.75 Å². The molecule has 0 atom stereocenters. The first-order valence-corrected chi connectivity index (χ1v) is 7.15. The Balaban J connectivity index is 0.00000161. The molecule has 6 nitrogen and oxygen atoms in total. The van der Waals surface area contributed by atoms with Crippen molar-refractivity contribution in [3.8, 4) is 5.88 Å². The van der Waals surface area contributed by atoms with Gasteiger partial charge in [0, 0.05) is 11.9 Å². The fraction of sp³-hybridized carbons (Fsp3) is 0.231. The van der Waals surface area contributed by atoms with Gasteiger partial charge in [0.2, 0.25) is 11.0 Å². The Morgan fingerprint density at radius 3 is 2.81 bits per heavy atom. The fourth-order valence-electron chi connectivity index (χ4n) is 2.13. The summed E-state index contributed by atoms with van der Waals surface area (Å²) in [5, 5.41) is 19.4. The summed E-state index contributed by atoms with van der Waals surface area (Å²) >= 11 is 1.25. The number of fused-ring (bicyclic) bond motifs is 1. The average molecular weight is 369 g/mol. The summed E-state index contributed by atoms with van der Waals surface area (Å²) in [6.45, 7) is 2.58. The molecule has 1 N–H and O–H groups in total. The van der Waals surface area contributed by atoms with Gasteiger partial charge in [-0.05, 0) is 13.0 Å². The highest BCUT2D eigenvalue weighted by molar-refractivity contribution is 8.93. The topological polar surface area (TPSA) is 79.3 Å². The Morgan fingerprint density at radius 1 is 1.38 bits per heavy atom. The molecule has 0 spiro atoms. The van der Waals surface area contributed by atoms with E-state index in [1.165, 1.54) is 11.8 Å². The second kappa shape index (κ2) is 6.40.